The van der Waals surface area contributed by atoms with E-state index in [1.807, 2.05) is 60.7 Å². The summed E-state index contributed by atoms with van der Waals surface area (Å²) in [6.07, 6.45) is 23.2. The summed E-state index contributed by atoms with van der Waals surface area (Å²) < 4.78 is 27.3. The van der Waals surface area contributed by atoms with Gasteiger partial charge in [-0.3, -0.25) is 58.3 Å². The molecule has 600 valence electrons. The summed E-state index contributed by atoms with van der Waals surface area (Å²) in [5, 5.41) is 20.3. The third kappa shape index (κ3) is 26.5. The molecule has 0 unspecified atom stereocenters. The smallest absolute Gasteiger partial charge is 0.337 e. The molecule has 0 bridgehead atoms. The number of methoxy groups -OCH3 is 1. The van der Waals surface area contributed by atoms with Crippen LogP contribution < -0.4 is 63.1 Å². The molecule has 4 aromatic heterocycles. The fraction of sp³-hybridized carbons (Fsp3) is 0.121. The van der Waals surface area contributed by atoms with Crippen molar-refractivity contribution < 1.29 is 76.7 Å². The van der Waals surface area contributed by atoms with Crippen LogP contribution in [0.15, 0.2) is 268 Å². The molecule has 4 heterocycles. The number of carbonyl (C=O) groups excluding carboxylic acids is 9. The lowest BCUT2D eigenvalue weighted by Crippen LogP contribution is -2.13. The van der Waals surface area contributed by atoms with Gasteiger partial charge in [-0.2, -0.15) is 0 Å². The van der Waals surface area contributed by atoms with Gasteiger partial charge in [-0.05, 0) is 204 Å². The van der Waals surface area contributed by atoms with Gasteiger partial charge in [0.25, 0.3) is 23.6 Å². The van der Waals surface area contributed by atoms with Gasteiger partial charge < -0.3 is 73.0 Å². The highest BCUT2D eigenvalue weighted by atomic mass is 16.5. The van der Waals surface area contributed by atoms with Gasteiger partial charge in [-0.25, -0.2) is 9.59 Å². The van der Waals surface area contributed by atoms with Crippen molar-refractivity contribution in [1.29, 1.82) is 0 Å². The molecule has 28 nitrogen and oxygen atoms in total. The minimum absolute atomic E-state index is 0.107. The van der Waals surface area contributed by atoms with E-state index in [0.717, 1.165) is 22.3 Å². The Balaban J connectivity index is 0.000000167. The number of nitrogens with zero attached hydrogens (tertiary/aromatic N) is 4. The lowest BCUT2D eigenvalue weighted by atomic mass is 9.84. The number of primary amides is 4. The fourth-order valence-corrected chi connectivity index (χ4v) is 11.7. The first-order valence-corrected chi connectivity index (χ1v) is 36.8. The Morgan fingerprint density at radius 3 is 0.916 bits per heavy atom. The van der Waals surface area contributed by atoms with Crippen molar-refractivity contribution in [3.8, 4) is 35.3 Å². The molecule has 28 heteroatoms. The molecule has 0 spiro atoms. The van der Waals surface area contributed by atoms with E-state index in [9.17, 15) is 47.9 Å². The summed E-state index contributed by atoms with van der Waals surface area (Å²) in [6.45, 7) is 0.913. The number of benzene rings is 8. The molecule has 119 heavy (non-hydrogen) atoms. The van der Waals surface area contributed by atoms with Crippen LogP contribution in [0.1, 0.15) is 175 Å². The van der Waals surface area contributed by atoms with E-state index >= 15 is 0 Å². The highest BCUT2D eigenvalue weighted by Gasteiger charge is 2.19. The lowest BCUT2D eigenvalue weighted by molar-refractivity contribution is 0.0598. The van der Waals surface area contributed by atoms with Crippen LogP contribution in [0.25, 0.3) is 0 Å². The average Bonchev–Trinajstić information content (AvgIpc) is 0.860. The Bertz CT molecular complexity index is 5680. The standard InChI is InChI=1S/C26H27N3O3.C22H19N3O5.C22H17N3O3.C21H17N3O5/c27-25(30)22-14-24(16-28-15-22)32-17-18-5-4-8-23(13-18)29-26(31)21-11-9-20(10-12-21)19-6-2-1-3-7-19;1-29-22(28)16-7-5-15(6-8-16)21(27)25-18-4-2-3-14(9-18)13-30-19-10-17(20(23)26)11-24-12-19;1-2-15-6-8-17(9-7-15)22(27)25-19-5-3-4-16(10-19)14-28-20-11-18(21(23)26)12-24-13-20;22-19(25)16-9-18(11-23-10-16)29-12-13-2-1-3-17(8-13)24-20(26)14-4-6-15(7-5-14)21(27)28/h4-5,8-16,19H,1-3,6-7,17H2,(H2,27,30)(H,29,31);2-12H,13H2,1H3,(H2,23,26)(H,25,27);1,3-13H,14H2,(H2,23,26)(H,25,27);1-11H,12H2,(H2,22,25)(H,24,26)(H,27,28). The Hall–Kier alpha value is -16.2. The molecule has 1 fully saturated rings. The van der Waals surface area contributed by atoms with E-state index in [0.29, 0.717) is 85.0 Å². The molecule has 0 saturated heterocycles. The molecular weight excluding hydrogens is 1520 g/mol. The highest BCUT2D eigenvalue weighted by Crippen LogP contribution is 2.33. The SMILES string of the molecule is C#Cc1ccc(C(=O)Nc2cccc(COc3cncc(C(N)=O)c3)c2)cc1.COC(=O)c1ccc(C(=O)Nc2cccc(COc3cncc(C(N)=O)c3)c2)cc1.NC(=O)c1cncc(OCc2cccc(NC(=O)c3ccc(C(=O)O)cc3)c2)c1.NC(=O)c1cncc(OCc2cccc(NC(=O)c3ccc(C4CCCCC4)cc3)c2)c1. The number of pyridine rings is 4. The molecule has 13 rings (SSSR count). The number of anilines is 4. The van der Waals surface area contributed by atoms with Crippen LogP contribution in [-0.2, 0) is 31.2 Å². The minimum atomic E-state index is -1.05. The van der Waals surface area contributed by atoms with E-state index in [4.69, 9.17) is 53.4 Å². The molecular formula is C91H80N12O16. The maximum Gasteiger partial charge on any atom is 0.337 e. The van der Waals surface area contributed by atoms with Crippen LogP contribution >= 0.6 is 0 Å². The van der Waals surface area contributed by atoms with Gasteiger partial charge in [-0.15, -0.1) is 6.42 Å². The normalized spacial score (nSPS) is 11.2. The Morgan fingerprint density at radius 1 is 0.361 bits per heavy atom. The Kier molecular flexibility index (Phi) is 30.5. The van der Waals surface area contributed by atoms with Gasteiger partial charge in [0.05, 0.1) is 65.3 Å². The maximum atomic E-state index is 12.7. The summed E-state index contributed by atoms with van der Waals surface area (Å²) in [7, 11) is 1.30. The number of carbonyl (C=O) groups is 10. The van der Waals surface area contributed by atoms with Gasteiger partial charge in [0.1, 0.15) is 49.4 Å². The van der Waals surface area contributed by atoms with Crippen LogP contribution in [0.4, 0.5) is 22.7 Å². The minimum Gasteiger partial charge on any atom is -0.487 e. The summed E-state index contributed by atoms with van der Waals surface area (Å²) in [5.74, 6) is -0.0631. The number of aromatic carboxylic acids is 1. The number of carboxylic acid groups (broad SMARTS) is 1. The molecule has 13 N–H and O–H groups in total. The summed E-state index contributed by atoms with van der Waals surface area (Å²) in [6, 6.07) is 61.6. The number of nitrogens with one attached hydrogen (secondary N) is 4. The summed E-state index contributed by atoms with van der Waals surface area (Å²) in [4.78, 5) is 133. The number of aromatic nitrogens is 4. The van der Waals surface area contributed by atoms with E-state index < -0.39 is 35.6 Å². The number of nitrogens with two attached hydrogens (primary N) is 4. The fourth-order valence-electron chi connectivity index (χ4n) is 11.7. The predicted octanol–water partition coefficient (Wildman–Crippen LogP) is 13.6. The summed E-state index contributed by atoms with van der Waals surface area (Å²) >= 11 is 0. The zero-order valence-corrected chi connectivity index (χ0v) is 64.1. The molecule has 0 aliphatic heterocycles. The first-order valence-electron chi connectivity index (χ1n) is 36.8. The quantitative estimate of drug-likeness (QED) is 0.0170. The van der Waals surface area contributed by atoms with E-state index in [1.165, 1.54) is 149 Å². The number of terminal acetylenes is 1. The van der Waals surface area contributed by atoms with Crippen molar-refractivity contribution in [2.75, 3.05) is 28.4 Å². The molecule has 8 aromatic carbocycles. The topological polar surface area (TPSA) is 441 Å². The van der Waals surface area contributed by atoms with E-state index in [1.54, 1.807) is 91.0 Å². The van der Waals surface area contributed by atoms with E-state index in [-0.39, 0.29) is 77.9 Å². The van der Waals surface area contributed by atoms with Gasteiger partial charge in [0.15, 0.2) is 0 Å². The Morgan fingerprint density at radius 2 is 0.639 bits per heavy atom. The van der Waals surface area contributed by atoms with Gasteiger partial charge in [-0.1, -0.05) is 85.8 Å². The van der Waals surface area contributed by atoms with Gasteiger partial charge in [0, 0.05) is 75.4 Å². The molecule has 1 saturated carbocycles. The van der Waals surface area contributed by atoms with Crippen molar-refractivity contribution in [2.24, 2.45) is 22.9 Å². The number of hydrogen-bond donors (Lipinski definition) is 9. The molecule has 12 aromatic rings. The number of carboxylic acids is 1. The van der Waals surface area contributed by atoms with Crippen molar-refractivity contribution >= 4 is 81.9 Å². The first-order chi connectivity index (χ1) is 57.5. The molecule has 0 atom stereocenters. The first kappa shape index (κ1) is 85.3. The lowest BCUT2D eigenvalue weighted by Gasteiger charge is -2.22. The second-order valence-electron chi connectivity index (χ2n) is 26.5. The largest absolute Gasteiger partial charge is 0.487 e. The summed E-state index contributed by atoms with van der Waals surface area (Å²) in [5.41, 5.74) is 32.2. The second kappa shape index (κ2) is 42.6. The number of ether oxygens (including phenoxy) is 5. The predicted molar refractivity (Wildman–Crippen MR) is 444 cm³/mol. The average molecular weight is 1600 g/mol. The van der Waals surface area contributed by atoms with Crippen molar-refractivity contribution in [3.05, 3.63) is 357 Å². The zero-order valence-electron chi connectivity index (χ0n) is 64.1. The molecule has 0 radical (unpaired) electrons. The van der Waals surface area contributed by atoms with Crippen LogP contribution in [0.2, 0.25) is 0 Å². The van der Waals surface area contributed by atoms with Crippen LogP contribution in [0.5, 0.6) is 23.0 Å². The number of rotatable bonds is 27. The van der Waals surface area contributed by atoms with Gasteiger partial charge >= 0.3 is 11.9 Å². The Labute approximate surface area is 683 Å². The number of amides is 8. The monoisotopic (exact) mass is 1600 g/mol. The van der Waals surface area contributed by atoms with Crippen LogP contribution in [-0.4, -0.2) is 91.3 Å². The number of esters is 1. The van der Waals surface area contributed by atoms with Crippen molar-refractivity contribution in [3.63, 3.8) is 0 Å². The second-order valence-corrected chi connectivity index (χ2v) is 26.5. The maximum absolute atomic E-state index is 12.7. The zero-order chi connectivity index (χ0) is 84.6. The molecule has 1 aliphatic rings. The third-order valence-electron chi connectivity index (χ3n) is 17.9. The third-order valence-corrected chi connectivity index (χ3v) is 17.9. The van der Waals surface area contributed by atoms with E-state index in [2.05, 4.69) is 64.0 Å². The number of hydrogen-bond acceptors (Lipinski definition) is 19. The van der Waals surface area contributed by atoms with Crippen molar-refractivity contribution in [1.82, 2.24) is 19.9 Å². The van der Waals surface area contributed by atoms with Crippen molar-refractivity contribution in [2.45, 2.75) is 64.4 Å². The molecule has 8 amide bonds. The van der Waals surface area contributed by atoms with Crippen LogP contribution in [0.3, 0.4) is 0 Å². The van der Waals surface area contributed by atoms with Crippen LogP contribution in [0, 0.1) is 12.3 Å². The van der Waals surface area contributed by atoms with Gasteiger partial charge in [0.2, 0.25) is 23.6 Å². The molecule has 1 aliphatic carbocycles. The highest BCUT2D eigenvalue weighted by molar-refractivity contribution is 6.07.